The summed E-state index contributed by atoms with van der Waals surface area (Å²) in [5.74, 6) is -0.184. The van der Waals surface area contributed by atoms with Crippen molar-refractivity contribution in [3.05, 3.63) is 29.8 Å². The van der Waals surface area contributed by atoms with E-state index in [0.717, 1.165) is 5.56 Å². The predicted molar refractivity (Wildman–Crippen MR) is 70.2 cm³/mol. The van der Waals surface area contributed by atoms with E-state index >= 15 is 0 Å². The maximum atomic E-state index is 12.0. The van der Waals surface area contributed by atoms with E-state index in [1.807, 2.05) is 0 Å². The molecule has 3 N–H and O–H groups in total. The minimum Gasteiger partial charge on any atom is -0.480 e. The summed E-state index contributed by atoms with van der Waals surface area (Å²) in [7, 11) is 0. The Balaban J connectivity index is 2.03. The molecule has 0 spiro atoms. The molecule has 18 heavy (non-hydrogen) atoms. The van der Waals surface area contributed by atoms with Crippen molar-refractivity contribution in [1.82, 2.24) is 4.90 Å². The second-order valence-electron chi connectivity index (χ2n) is 4.14. The lowest BCUT2D eigenvalue weighted by Crippen LogP contribution is -2.42. The molecule has 1 saturated heterocycles. The first-order valence-electron chi connectivity index (χ1n) is 5.52. The molecule has 1 aliphatic rings. The molecule has 1 aromatic carbocycles. The van der Waals surface area contributed by atoms with Crippen LogP contribution in [-0.2, 0) is 16.0 Å². The van der Waals surface area contributed by atoms with Gasteiger partial charge in [0, 0.05) is 11.4 Å². The van der Waals surface area contributed by atoms with Crippen LogP contribution in [0.15, 0.2) is 24.3 Å². The van der Waals surface area contributed by atoms with Gasteiger partial charge in [-0.25, -0.2) is 4.79 Å². The molecule has 1 atom stereocenters. The molecule has 1 amide bonds. The van der Waals surface area contributed by atoms with E-state index in [2.05, 4.69) is 0 Å². The van der Waals surface area contributed by atoms with Gasteiger partial charge in [0.15, 0.2) is 0 Å². The van der Waals surface area contributed by atoms with Crippen molar-refractivity contribution in [1.29, 1.82) is 0 Å². The first kappa shape index (κ1) is 12.8. The van der Waals surface area contributed by atoms with E-state index < -0.39 is 12.0 Å². The highest BCUT2D eigenvalue weighted by atomic mass is 32.2. The first-order chi connectivity index (χ1) is 8.58. The van der Waals surface area contributed by atoms with Crippen LogP contribution in [0.1, 0.15) is 5.56 Å². The van der Waals surface area contributed by atoms with E-state index in [4.69, 9.17) is 10.8 Å². The average Bonchev–Trinajstić information content (AvgIpc) is 2.81. The summed E-state index contributed by atoms with van der Waals surface area (Å²) in [6, 6.07) is 6.33. The van der Waals surface area contributed by atoms with Gasteiger partial charge in [0.1, 0.15) is 6.04 Å². The number of hydrogen-bond acceptors (Lipinski definition) is 4. The van der Waals surface area contributed by atoms with Crippen LogP contribution in [0.3, 0.4) is 0 Å². The van der Waals surface area contributed by atoms with Gasteiger partial charge in [-0.3, -0.25) is 4.79 Å². The lowest BCUT2D eigenvalue weighted by Gasteiger charge is -2.20. The predicted octanol–water partition coefficient (Wildman–Crippen LogP) is 0.797. The van der Waals surface area contributed by atoms with E-state index in [-0.39, 0.29) is 12.3 Å². The fourth-order valence-corrected chi connectivity index (χ4v) is 2.98. The van der Waals surface area contributed by atoms with Gasteiger partial charge in [0.05, 0.1) is 12.3 Å². The van der Waals surface area contributed by atoms with Crippen molar-refractivity contribution in [2.75, 3.05) is 17.4 Å². The molecule has 6 heteroatoms. The lowest BCUT2D eigenvalue weighted by atomic mass is 10.1. The molecule has 1 aromatic rings. The van der Waals surface area contributed by atoms with Crippen LogP contribution in [0.4, 0.5) is 5.69 Å². The summed E-state index contributed by atoms with van der Waals surface area (Å²) in [6.07, 6.45) is 0.213. The summed E-state index contributed by atoms with van der Waals surface area (Å²) in [5, 5.41) is 9.01. The first-order valence-corrected chi connectivity index (χ1v) is 6.68. The Kier molecular flexibility index (Phi) is 3.76. The topological polar surface area (TPSA) is 83.6 Å². The summed E-state index contributed by atoms with van der Waals surface area (Å²) in [4.78, 5) is 24.4. The third kappa shape index (κ3) is 2.76. The third-order valence-electron chi connectivity index (χ3n) is 2.82. The molecule has 0 radical (unpaired) electrons. The standard InChI is InChI=1S/C12H14N2O3S/c13-9-3-1-8(2-4-9)5-11(15)14-7-18-6-10(14)12(16)17/h1-4,10H,5-7,13H2,(H,16,17). The molecule has 1 unspecified atom stereocenters. The Bertz CT molecular complexity index is 461. The van der Waals surface area contributed by atoms with Crippen LogP contribution < -0.4 is 5.73 Å². The second kappa shape index (κ2) is 5.30. The number of amides is 1. The van der Waals surface area contributed by atoms with Crippen molar-refractivity contribution in [3.8, 4) is 0 Å². The van der Waals surface area contributed by atoms with Crippen molar-refractivity contribution in [3.63, 3.8) is 0 Å². The van der Waals surface area contributed by atoms with Gasteiger partial charge < -0.3 is 15.7 Å². The zero-order chi connectivity index (χ0) is 13.1. The number of carboxylic acid groups (broad SMARTS) is 1. The van der Waals surface area contributed by atoms with Crippen LogP contribution >= 0.6 is 11.8 Å². The van der Waals surface area contributed by atoms with Gasteiger partial charge in [-0.05, 0) is 17.7 Å². The number of rotatable bonds is 3. The smallest absolute Gasteiger partial charge is 0.327 e. The largest absolute Gasteiger partial charge is 0.480 e. The van der Waals surface area contributed by atoms with Gasteiger partial charge in [0.2, 0.25) is 5.91 Å². The maximum Gasteiger partial charge on any atom is 0.327 e. The van der Waals surface area contributed by atoms with Gasteiger partial charge in [-0.2, -0.15) is 0 Å². The van der Waals surface area contributed by atoms with Crippen molar-refractivity contribution < 1.29 is 14.7 Å². The normalized spacial score (nSPS) is 18.9. The number of anilines is 1. The molecule has 2 rings (SSSR count). The van der Waals surface area contributed by atoms with Crippen molar-refractivity contribution in [2.24, 2.45) is 0 Å². The van der Waals surface area contributed by atoms with Gasteiger partial charge in [-0.15, -0.1) is 11.8 Å². The van der Waals surface area contributed by atoms with Crippen LogP contribution in [0.2, 0.25) is 0 Å². The highest BCUT2D eigenvalue weighted by molar-refractivity contribution is 7.99. The van der Waals surface area contributed by atoms with E-state index in [1.165, 1.54) is 16.7 Å². The number of carboxylic acids is 1. The molecule has 1 heterocycles. The summed E-state index contributed by atoms with van der Waals surface area (Å²) in [5.41, 5.74) is 7.05. The number of nitrogen functional groups attached to an aromatic ring is 1. The van der Waals surface area contributed by atoms with Crippen LogP contribution in [0, 0.1) is 0 Å². The Morgan fingerprint density at radius 2 is 2.06 bits per heavy atom. The minimum absolute atomic E-state index is 0.155. The highest BCUT2D eigenvalue weighted by Crippen LogP contribution is 2.22. The molecule has 0 saturated carbocycles. The number of hydrogen-bond donors (Lipinski definition) is 2. The Morgan fingerprint density at radius 3 is 2.67 bits per heavy atom. The Labute approximate surface area is 109 Å². The summed E-state index contributed by atoms with van der Waals surface area (Å²) in [6.45, 7) is 0. The monoisotopic (exact) mass is 266 g/mol. The molecule has 0 aliphatic carbocycles. The number of carbonyl (C=O) groups excluding carboxylic acids is 1. The van der Waals surface area contributed by atoms with Crippen LogP contribution in [-0.4, -0.2) is 39.6 Å². The lowest BCUT2D eigenvalue weighted by molar-refractivity contribution is -0.147. The van der Waals surface area contributed by atoms with Gasteiger partial charge in [0.25, 0.3) is 0 Å². The number of nitrogens with zero attached hydrogens (tertiary/aromatic N) is 1. The van der Waals surface area contributed by atoms with Crippen molar-refractivity contribution >= 4 is 29.3 Å². The van der Waals surface area contributed by atoms with Crippen LogP contribution in [0.25, 0.3) is 0 Å². The Morgan fingerprint density at radius 1 is 1.39 bits per heavy atom. The van der Waals surface area contributed by atoms with Gasteiger partial charge >= 0.3 is 5.97 Å². The van der Waals surface area contributed by atoms with Crippen molar-refractivity contribution in [2.45, 2.75) is 12.5 Å². The summed E-state index contributed by atoms with van der Waals surface area (Å²) < 4.78 is 0. The number of aliphatic carboxylic acids is 1. The molecular formula is C12H14N2O3S. The van der Waals surface area contributed by atoms with E-state index in [1.54, 1.807) is 24.3 Å². The number of thioether (sulfide) groups is 1. The molecule has 0 bridgehead atoms. The second-order valence-corrected chi connectivity index (χ2v) is 5.14. The SMILES string of the molecule is Nc1ccc(CC(=O)N2CSCC2C(=O)O)cc1. The van der Waals surface area contributed by atoms with Crippen LogP contribution in [0.5, 0.6) is 0 Å². The van der Waals surface area contributed by atoms with E-state index in [0.29, 0.717) is 17.3 Å². The summed E-state index contributed by atoms with van der Waals surface area (Å²) >= 11 is 1.46. The minimum atomic E-state index is -0.939. The highest BCUT2D eigenvalue weighted by Gasteiger charge is 2.34. The third-order valence-corrected chi connectivity index (χ3v) is 3.83. The zero-order valence-electron chi connectivity index (χ0n) is 9.70. The Hall–Kier alpha value is -1.69. The number of benzene rings is 1. The fourth-order valence-electron chi connectivity index (χ4n) is 1.80. The average molecular weight is 266 g/mol. The molecule has 1 fully saturated rings. The van der Waals surface area contributed by atoms with Gasteiger partial charge in [-0.1, -0.05) is 12.1 Å². The number of nitrogens with two attached hydrogens (primary N) is 1. The van der Waals surface area contributed by atoms with E-state index in [9.17, 15) is 9.59 Å². The molecular weight excluding hydrogens is 252 g/mol. The maximum absolute atomic E-state index is 12.0. The number of carbonyl (C=O) groups is 2. The molecule has 96 valence electrons. The fraction of sp³-hybridized carbons (Fsp3) is 0.333. The zero-order valence-corrected chi connectivity index (χ0v) is 10.5. The molecule has 5 nitrogen and oxygen atoms in total. The quantitative estimate of drug-likeness (QED) is 0.790. The molecule has 0 aromatic heterocycles. The molecule has 1 aliphatic heterocycles.